The van der Waals surface area contributed by atoms with E-state index in [0.29, 0.717) is 18.5 Å². The Morgan fingerprint density at radius 3 is 2.63 bits per heavy atom. The van der Waals surface area contributed by atoms with Crippen LogP contribution in [0, 0.1) is 25.1 Å². The number of nitrogens with zero attached hydrogens (tertiary/aromatic N) is 1. The Bertz CT molecular complexity index is 606. The van der Waals surface area contributed by atoms with Gasteiger partial charge in [0.1, 0.15) is 5.82 Å². The topological polar surface area (TPSA) is 63.4 Å². The van der Waals surface area contributed by atoms with Gasteiger partial charge in [0.2, 0.25) is 10.0 Å². The molecule has 0 spiro atoms. The lowest BCUT2D eigenvalue weighted by Crippen LogP contribution is -2.32. The smallest absolute Gasteiger partial charge is 0.244 e. The molecule has 0 unspecified atom stereocenters. The van der Waals surface area contributed by atoms with Crippen molar-refractivity contribution >= 4 is 15.7 Å². The third-order valence-electron chi connectivity index (χ3n) is 2.65. The Morgan fingerprint density at radius 2 is 2.11 bits per heavy atom. The number of rotatable bonds is 5. The van der Waals surface area contributed by atoms with Gasteiger partial charge in [0.15, 0.2) is 0 Å². The molecule has 1 aromatic rings. The summed E-state index contributed by atoms with van der Waals surface area (Å²) in [5, 5.41) is 0. The predicted octanol–water partition coefficient (Wildman–Crippen LogP) is 1.75. The van der Waals surface area contributed by atoms with Crippen LogP contribution in [0.5, 0.6) is 0 Å². The number of hydrogen-bond acceptors (Lipinski definition) is 3. The second-order valence-corrected chi connectivity index (χ2v) is 6.09. The van der Waals surface area contributed by atoms with Crippen LogP contribution in [0.4, 0.5) is 10.1 Å². The van der Waals surface area contributed by atoms with Crippen LogP contribution in [-0.4, -0.2) is 25.8 Å². The summed E-state index contributed by atoms with van der Waals surface area (Å²) in [7, 11) is -3.75. The lowest BCUT2D eigenvalue weighted by Gasteiger charge is -2.20. The zero-order valence-corrected chi connectivity index (χ0v) is 11.8. The highest BCUT2D eigenvalue weighted by molar-refractivity contribution is 7.89. The highest BCUT2D eigenvalue weighted by Crippen LogP contribution is 2.24. The summed E-state index contributed by atoms with van der Waals surface area (Å²) >= 11 is 0. The second kappa shape index (κ2) is 6.04. The van der Waals surface area contributed by atoms with Gasteiger partial charge in [0.25, 0.3) is 0 Å². The molecule has 4 nitrogen and oxygen atoms in total. The number of aryl methyl sites for hydroxylation is 1. The van der Waals surface area contributed by atoms with Gasteiger partial charge in [0.05, 0.1) is 17.1 Å². The van der Waals surface area contributed by atoms with Crippen molar-refractivity contribution in [1.29, 1.82) is 0 Å². The van der Waals surface area contributed by atoms with Gasteiger partial charge in [-0.15, -0.1) is 6.42 Å². The molecular formula is C13H17FN2O2S. The fraction of sp³-hybridized carbons (Fsp3) is 0.385. The molecule has 0 bridgehead atoms. The maximum absolute atomic E-state index is 13.3. The average molecular weight is 284 g/mol. The van der Waals surface area contributed by atoms with Crippen molar-refractivity contribution in [2.75, 3.05) is 18.8 Å². The van der Waals surface area contributed by atoms with Crippen molar-refractivity contribution in [2.45, 2.75) is 25.2 Å². The van der Waals surface area contributed by atoms with Crippen molar-refractivity contribution in [3.05, 3.63) is 23.5 Å². The number of anilines is 1. The van der Waals surface area contributed by atoms with Gasteiger partial charge in [-0.1, -0.05) is 12.8 Å². The van der Waals surface area contributed by atoms with Crippen molar-refractivity contribution in [2.24, 2.45) is 0 Å². The molecule has 1 aromatic carbocycles. The van der Waals surface area contributed by atoms with Crippen molar-refractivity contribution in [1.82, 2.24) is 4.31 Å². The van der Waals surface area contributed by atoms with E-state index >= 15 is 0 Å². The van der Waals surface area contributed by atoms with E-state index in [-0.39, 0.29) is 17.1 Å². The summed E-state index contributed by atoms with van der Waals surface area (Å²) in [6.07, 6.45) is 5.82. The molecule has 2 N–H and O–H groups in total. The first kappa shape index (κ1) is 15.5. The Balaban J connectivity index is 3.33. The van der Waals surface area contributed by atoms with Gasteiger partial charge >= 0.3 is 0 Å². The summed E-state index contributed by atoms with van der Waals surface area (Å²) in [6, 6.07) is 2.25. The van der Waals surface area contributed by atoms with Crippen molar-refractivity contribution < 1.29 is 12.8 Å². The van der Waals surface area contributed by atoms with Gasteiger partial charge in [0, 0.05) is 6.54 Å². The fourth-order valence-corrected chi connectivity index (χ4v) is 3.41. The normalized spacial score (nSPS) is 11.5. The number of halogens is 1. The van der Waals surface area contributed by atoms with Crippen LogP contribution < -0.4 is 5.73 Å². The number of hydrogen-bond donors (Lipinski definition) is 1. The Kier molecular flexibility index (Phi) is 4.92. The van der Waals surface area contributed by atoms with Crippen LogP contribution in [-0.2, 0) is 10.0 Å². The molecule has 0 atom stereocenters. The molecule has 0 saturated heterocycles. The number of nitrogen functional groups attached to an aromatic ring is 1. The molecule has 0 aliphatic carbocycles. The molecule has 0 radical (unpaired) electrons. The van der Waals surface area contributed by atoms with Gasteiger partial charge in [-0.2, -0.15) is 4.31 Å². The van der Waals surface area contributed by atoms with Crippen molar-refractivity contribution in [3.8, 4) is 12.3 Å². The lowest BCUT2D eigenvalue weighted by molar-refractivity contribution is 0.445. The van der Waals surface area contributed by atoms with E-state index in [2.05, 4.69) is 5.92 Å². The molecule has 6 heteroatoms. The Hall–Kier alpha value is -1.58. The van der Waals surface area contributed by atoms with E-state index in [1.807, 2.05) is 6.92 Å². The van der Waals surface area contributed by atoms with Gasteiger partial charge in [-0.25, -0.2) is 12.8 Å². The lowest BCUT2D eigenvalue weighted by atomic mass is 10.2. The zero-order valence-electron chi connectivity index (χ0n) is 11.0. The summed E-state index contributed by atoms with van der Waals surface area (Å²) in [5.41, 5.74) is 5.55. The van der Waals surface area contributed by atoms with Crippen molar-refractivity contribution in [3.63, 3.8) is 0 Å². The fourth-order valence-electron chi connectivity index (χ4n) is 1.72. The molecule has 0 aromatic heterocycles. The first-order valence-corrected chi connectivity index (χ1v) is 7.27. The standard InChI is InChI=1S/C13H17FN2O2S/c1-4-6-16(7-5-2)19(17,18)13-9-12(15)11(14)8-10(13)3/h1,8-9H,5-7,15H2,2-3H3. The first-order chi connectivity index (χ1) is 8.84. The summed E-state index contributed by atoms with van der Waals surface area (Å²) < 4.78 is 39.4. The van der Waals surface area contributed by atoms with E-state index in [0.717, 1.165) is 12.1 Å². The molecule has 0 heterocycles. The maximum Gasteiger partial charge on any atom is 0.244 e. The minimum absolute atomic E-state index is 0.00454. The minimum Gasteiger partial charge on any atom is -0.396 e. The molecule has 0 aliphatic rings. The summed E-state index contributed by atoms with van der Waals surface area (Å²) in [4.78, 5) is -0.00454. The SMILES string of the molecule is C#CCN(CCC)S(=O)(=O)c1cc(N)c(F)cc1C. The summed E-state index contributed by atoms with van der Waals surface area (Å²) in [5.74, 6) is 1.69. The van der Waals surface area contributed by atoms with Crippen LogP contribution in [0.15, 0.2) is 17.0 Å². The number of nitrogens with two attached hydrogens (primary N) is 1. The van der Waals surface area contributed by atoms with E-state index in [4.69, 9.17) is 12.2 Å². The molecule has 19 heavy (non-hydrogen) atoms. The second-order valence-electron chi connectivity index (χ2n) is 4.18. The molecule has 104 valence electrons. The van der Waals surface area contributed by atoms with E-state index in [9.17, 15) is 12.8 Å². The molecule has 0 fully saturated rings. The van der Waals surface area contributed by atoms with Gasteiger partial charge < -0.3 is 5.73 Å². The van der Waals surface area contributed by atoms with Crippen LogP contribution in [0.2, 0.25) is 0 Å². The van der Waals surface area contributed by atoms with E-state index in [1.54, 1.807) is 0 Å². The Labute approximate surface area is 113 Å². The number of sulfonamides is 1. The number of benzene rings is 1. The molecular weight excluding hydrogens is 267 g/mol. The quantitative estimate of drug-likeness (QED) is 0.662. The highest BCUT2D eigenvalue weighted by atomic mass is 32.2. The predicted molar refractivity (Wildman–Crippen MR) is 73.4 cm³/mol. The number of terminal acetylenes is 1. The highest BCUT2D eigenvalue weighted by Gasteiger charge is 2.25. The summed E-state index contributed by atoms with van der Waals surface area (Å²) in [6.45, 7) is 3.66. The van der Waals surface area contributed by atoms with Crippen LogP contribution in [0.1, 0.15) is 18.9 Å². The van der Waals surface area contributed by atoms with E-state index in [1.165, 1.54) is 11.2 Å². The van der Waals surface area contributed by atoms with Crippen LogP contribution in [0.3, 0.4) is 0 Å². The van der Waals surface area contributed by atoms with Crippen LogP contribution in [0.25, 0.3) is 0 Å². The minimum atomic E-state index is -3.75. The van der Waals surface area contributed by atoms with Crippen LogP contribution >= 0.6 is 0 Å². The first-order valence-electron chi connectivity index (χ1n) is 5.83. The van der Waals surface area contributed by atoms with Gasteiger partial charge in [-0.05, 0) is 31.0 Å². The van der Waals surface area contributed by atoms with Gasteiger partial charge in [-0.3, -0.25) is 0 Å². The zero-order chi connectivity index (χ0) is 14.6. The van der Waals surface area contributed by atoms with E-state index < -0.39 is 15.8 Å². The molecule has 0 saturated carbocycles. The third-order valence-corrected chi connectivity index (χ3v) is 4.64. The monoisotopic (exact) mass is 284 g/mol. The molecule has 0 aliphatic heterocycles. The largest absolute Gasteiger partial charge is 0.396 e. The Morgan fingerprint density at radius 1 is 1.47 bits per heavy atom. The molecule has 0 amide bonds. The average Bonchev–Trinajstić information content (AvgIpc) is 2.33. The maximum atomic E-state index is 13.3. The molecule has 1 rings (SSSR count). The third kappa shape index (κ3) is 3.25.